The molecule has 1 unspecified atom stereocenters. The Labute approximate surface area is 113 Å². The number of rotatable bonds is 6. The van der Waals surface area contributed by atoms with Crippen LogP contribution in [0.5, 0.6) is 11.5 Å². The van der Waals surface area contributed by atoms with Gasteiger partial charge in [0.15, 0.2) is 0 Å². The molecule has 1 aromatic carbocycles. The van der Waals surface area contributed by atoms with E-state index in [1.165, 1.54) is 0 Å². The summed E-state index contributed by atoms with van der Waals surface area (Å²) < 4.78 is 21.2. The summed E-state index contributed by atoms with van der Waals surface area (Å²) in [5.74, 6) is 1.63. The Morgan fingerprint density at radius 1 is 1.32 bits per heavy atom. The molecule has 5 heteroatoms. The molecule has 19 heavy (non-hydrogen) atoms. The van der Waals surface area contributed by atoms with E-state index in [1.807, 2.05) is 18.2 Å². The second-order valence-electron chi connectivity index (χ2n) is 4.41. The predicted molar refractivity (Wildman–Crippen MR) is 71.6 cm³/mol. The van der Waals surface area contributed by atoms with Crippen LogP contribution in [0.3, 0.4) is 0 Å². The highest BCUT2D eigenvalue weighted by Gasteiger charge is 2.13. The summed E-state index contributed by atoms with van der Waals surface area (Å²) in [6.45, 7) is 2.74. The van der Waals surface area contributed by atoms with Gasteiger partial charge in [-0.2, -0.15) is 0 Å². The van der Waals surface area contributed by atoms with Gasteiger partial charge >= 0.3 is 0 Å². The number of nitrogens with one attached hydrogen (secondary N) is 1. The predicted octanol–water partition coefficient (Wildman–Crippen LogP) is 1.56. The summed E-state index contributed by atoms with van der Waals surface area (Å²) in [7, 11) is 3.31. The minimum atomic E-state index is 0.234. The normalized spacial score (nSPS) is 19.2. The molecule has 0 radical (unpaired) electrons. The van der Waals surface area contributed by atoms with E-state index in [0.29, 0.717) is 6.79 Å². The van der Waals surface area contributed by atoms with E-state index < -0.39 is 0 Å². The van der Waals surface area contributed by atoms with Crippen molar-refractivity contribution in [3.8, 4) is 11.5 Å². The number of methoxy groups -OCH3 is 2. The highest BCUT2D eigenvalue weighted by molar-refractivity contribution is 5.40. The minimum Gasteiger partial charge on any atom is -0.497 e. The average Bonchev–Trinajstić information content (AvgIpc) is 2.48. The molecular formula is C14H21NO4. The molecule has 2 rings (SSSR count). The number of ether oxygens (including phenoxy) is 4. The summed E-state index contributed by atoms with van der Waals surface area (Å²) in [4.78, 5) is 0. The van der Waals surface area contributed by atoms with Crippen molar-refractivity contribution in [1.29, 1.82) is 0 Å². The van der Waals surface area contributed by atoms with E-state index in [0.717, 1.165) is 43.2 Å². The van der Waals surface area contributed by atoms with E-state index >= 15 is 0 Å². The SMILES string of the molecule is COc1ccc(CNCC2CCOCO2)c(OC)c1. The van der Waals surface area contributed by atoms with Gasteiger partial charge in [0.25, 0.3) is 0 Å². The Bertz CT molecular complexity index is 391. The van der Waals surface area contributed by atoms with Crippen molar-refractivity contribution < 1.29 is 18.9 Å². The lowest BCUT2D eigenvalue weighted by Gasteiger charge is -2.23. The van der Waals surface area contributed by atoms with Crippen LogP contribution in [0.1, 0.15) is 12.0 Å². The molecular weight excluding hydrogens is 246 g/mol. The first kappa shape index (κ1) is 14.1. The van der Waals surface area contributed by atoms with Crippen LogP contribution in [0.25, 0.3) is 0 Å². The monoisotopic (exact) mass is 267 g/mol. The molecule has 0 bridgehead atoms. The zero-order chi connectivity index (χ0) is 13.5. The summed E-state index contributed by atoms with van der Waals surface area (Å²) in [5.41, 5.74) is 1.11. The largest absolute Gasteiger partial charge is 0.497 e. The van der Waals surface area contributed by atoms with Crippen LogP contribution in [0.2, 0.25) is 0 Å². The second kappa shape index (κ2) is 7.33. The van der Waals surface area contributed by atoms with Crippen LogP contribution < -0.4 is 14.8 Å². The molecule has 0 amide bonds. The summed E-state index contributed by atoms with van der Waals surface area (Å²) in [6, 6.07) is 5.84. The molecule has 5 nitrogen and oxygen atoms in total. The number of hydrogen-bond donors (Lipinski definition) is 1. The van der Waals surface area contributed by atoms with Gasteiger partial charge in [0.2, 0.25) is 0 Å². The van der Waals surface area contributed by atoms with Gasteiger partial charge in [-0.05, 0) is 12.5 Å². The van der Waals surface area contributed by atoms with E-state index in [-0.39, 0.29) is 6.10 Å². The fourth-order valence-electron chi connectivity index (χ4n) is 2.03. The van der Waals surface area contributed by atoms with Crippen molar-refractivity contribution in [3.05, 3.63) is 23.8 Å². The molecule has 1 fully saturated rings. The highest BCUT2D eigenvalue weighted by Crippen LogP contribution is 2.24. The second-order valence-corrected chi connectivity index (χ2v) is 4.41. The lowest BCUT2D eigenvalue weighted by molar-refractivity contribution is -0.137. The first-order valence-corrected chi connectivity index (χ1v) is 6.44. The maximum Gasteiger partial charge on any atom is 0.147 e. The molecule has 1 N–H and O–H groups in total. The van der Waals surface area contributed by atoms with Crippen molar-refractivity contribution in [2.45, 2.75) is 19.1 Å². The van der Waals surface area contributed by atoms with Crippen LogP contribution in [0.15, 0.2) is 18.2 Å². The Morgan fingerprint density at radius 2 is 2.21 bits per heavy atom. The van der Waals surface area contributed by atoms with Gasteiger partial charge in [0.1, 0.15) is 18.3 Å². The summed E-state index contributed by atoms with van der Waals surface area (Å²) >= 11 is 0. The third-order valence-corrected chi connectivity index (χ3v) is 3.15. The van der Waals surface area contributed by atoms with E-state index in [9.17, 15) is 0 Å². The Morgan fingerprint density at radius 3 is 2.89 bits per heavy atom. The fourth-order valence-corrected chi connectivity index (χ4v) is 2.03. The zero-order valence-corrected chi connectivity index (χ0v) is 11.5. The van der Waals surface area contributed by atoms with Crippen molar-refractivity contribution in [2.24, 2.45) is 0 Å². The summed E-state index contributed by atoms with van der Waals surface area (Å²) in [5, 5.41) is 3.38. The smallest absolute Gasteiger partial charge is 0.147 e. The van der Waals surface area contributed by atoms with E-state index in [2.05, 4.69) is 5.32 Å². The molecule has 1 aliphatic heterocycles. The minimum absolute atomic E-state index is 0.234. The topological polar surface area (TPSA) is 49.0 Å². The van der Waals surface area contributed by atoms with Crippen LogP contribution in [-0.2, 0) is 16.0 Å². The van der Waals surface area contributed by atoms with Crippen LogP contribution in [0, 0.1) is 0 Å². The van der Waals surface area contributed by atoms with Crippen LogP contribution >= 0.6 is 0 Å². The molecule has 1 aliphatic rings. The van der Waals surface area contributed by atoms with Crippen molar-refractivity contribution in [2.75, 3.05) is 34.2 Å². The molecule has 106 valence electrons. The molecule has 1 saturated heterocycles. The van der Waals surface area contributed by atoms with Gasteiger partial charge in [-0.25, -0.2) is 0 Å². The average molecular weight is 267 g/mol. The Hall–Kier alpha value is -1.30. The van der Waals surface area contributed by atoms with Crippen molar-refractivity contribution in [3.63, 3.8) is 0 Å². The fraction of sp³-hybridized carbons (Fsp3) is 0.571. The Kier molecular flexibility index (Phi) is 5.44. The van der Waals surface area contributed by atoms with Gasteiger partial charge < -0.3 is 24.3 Å². The highest BCUT2D eigenvalue weighted by atomic mass is 16.7. The van der Waals surface area contributed by atoms with Gasteiger partial charge in [-0.3, -0.25) is 0 Å². The van der Waals surface area contributed by atoms with Gasteiger partial charge in [-0.15, -0.1) is 0 Å². The first-order valence-electron chi connectivity index (χ1n) is 6.44. The quantitative estimate of drug-likeness (QED) is 0.847. The molecule has 0 saturated carbocycles. The molecule has 0 aliphatic carbocycles. The molecule has 0 spiro atoms. The van der Waals surface area contributed by atoms with Crippen molar-refractivity contribution >= 4 is 0 Å². The summed E-state index contributed by atoms with van der Waals surface area (Å²) in [6.07, 6.45) is 1.17. The van der Waals surface area contributed by atoms with Gasteiger partial charge in [0, 0.05) is 24.7 Å². The number of hydrogen-bond acceptors (Lipinski definition) is 5. The Balaban J connectivity index is 1.84. The lowest BCUT2D eigenvalue weighted by atomic mass is 10.1. The molecule has 1 heterocycles. The first-order chi connectivity index (χ1) is 9.33. The standard InChI is InChI=1S/C14H21NO4/c1-16-12-4-3-11(14(7-12)17-2)8-15-9-13-5-6-18-10-19-13/h3-4,7,13,15H,5-6,8-10H2,1-2H3. The van der Waals surface area contributed by atoms with E-state index in [1.54, 1.807) is 14.2 Å². The van der Waals surface area contributed by atoms with Gasteiger partial charge in [-0.1, -0.05) is 6.07 Å². The number of benzene rings is 1. The lowest BCUT2D eigenvalue weighted by Crippen LogP contribution is -2.33. The van der Waals surface area contributed by atoms with Crippen LogP contribution in [0.4, 0.5) is 0 Å². The molecule has 1 atom stereocenters. The maximum atomic E-state index is 5.47. The third kappa shape index (κ3) is 4.09. The maximum absolute atomic E-state index is 5.47. The third-order valence-electron chi connectivity index (χ3n) is 3.15. The molecule has 1 aromatic rings. The van der Waals surface area contributed by atoms with Crippen LogP contribution in [-0.4, -0.2) is 40.3 Å². The molecule has 0 aromatic heterocycles. The van der Waals surface area contributed by atoms with Gasteiger partial charge in [0.05, 0.1) is 26.9 Å². The van der Waals surface area contributed by atoms with E-state index in [4.69, 9.17) is 18.9 Å². The zero-order valence-electron chi connectivity index (χ0n) is 11.5. The van der Waals surface area contributed by atoms with Crippen molar-refractivity contribution in [1.82, 2.24) is 5.32 Å².